The molecule has 0 saturated carbocycles. The van der Waals surface area contributed by atoms with Gasteiger partial charge in [-0.15, -0.1) is 0 Å². The van der Waals surface area contributed by atoms with E-state index >= 15 is 0 Å². The van der Waals surface area contributed by atoms with Gasteiger partial charge in [-0.1, -0.05) is 23.2 Å². The number of fused-ring (bicyclic) bond motifs is 1. The molecule has 0 amide bonds. The van der Waals surface area contributed by atoms with E-state index in [1.807, 2.05) is 12.1 Å². The van der Waals surface area contributed by atoms with Gasteiger partial charge in [0.05, 0.1) is 27.5 Å². The molecule has 3 rings (SSSR count). The van der Waals surface area contributed by atoms with E-state index in [-0.39, 0.29) is 0 Å². The second-order valence-corrected chi connectivity index (χ2v) is 5.55. The number of aromatic nitrogens is 3. The van der Waals surface area contributed by atoms with Crippen LogP contribution in [0.2, 0.25) is 10.0 Å². The zero-order valence-electron chi connectivity index (χ0n) is 10.3. The Morgan fingerprint density at radius 3 is 2.60 bits per heavy atom. The van der Waals surface area contributed by atoms with Gasteiger partial charge >= 0.3 is 0 Å². The number of anilines is 1. The summed E-state index contributed by atoms with van der Waals surface area (Å²) in [6.45, 7) is 0.748. The SMILES string of the molecule is Clc1cc(Cl)c2nsnc2c1NCCc1ccncc1. The molecule has 0 fully saturated rings. The molecule has 7 heteroatoms. The zero-order valence-corrected chi connectivity index (χ0v) is 12.6. The van der Waals surface area contributed by atoms with Crippen LogP contribution in [0.25, 0.3) is 11.0 Å². The normalized spacial score (nSPS) is 10.9. The van der Waals surface area contributed by atoms with Crippen LogP contribution in [0.15, 0.2) is 30.6 Å². The summed E-state index contributed by atoms with van der Waals surface area (Å²) in [5.74, 6) is 0. The Labute approximate surface area is 130 Å². The summed E-state index contributed by atoms with van der Waals surface area (Å²) in [5.41, 5.74) is 3.41. The number of rotatable bonds is 4. The van der Waals surface area contributed by atoms with E-state index in [1.54, 1.807) is 18.5 Å². The van der Waals surface area contributed by atoms with Crippen LogP contribution in [0, 0.1) is 0 Å². The Bertz CT molecular complexity index is 730. The molecule has 0 aliphatic rings. The van der Waals surface area contributed by atoms with Crippen LogP contribution in [-0.4, -0.2) is 20.3 Å². The summed E-state index contributed by atoms with van der Waals surface area (Å²) in [5, 5.41) is 4.40. The second-order valence-electron chi connectivity index (χ2n) is 4.21. The fraction of sp³-hybridized carbons (Fsp3) is 0.154. The van der Waals surface area contributed by atoms with Gasteiger partial charge in [-0.3, -0.25) is 4.98 Å². The van der Waals surface area contributed by atoms with Gasteiger partial charge in [0.25, 0.3) is 0 Å². The topological polar surface area (TPSA) is 50.7 Å². The quantitative estimate of drug-likeness (QED) is 0.786. The highest BCUT2D eigenvalue weighted by Crippen LogP contribution is 2.35. The summed E-state index contributed by atoms with van der Waals surface area (Å²) in [7, 11) is 0. The molecule has 0 aliphatic heterocycles. The van der Waals surface area contributed by atoms with Crippen LogP contribution >= 0.6 is 34.9 Å². The lowest BCUT2D eigenvalue weighted by atomic mass is 10.2. The lowest BCUT2D eigenvalue weighted by Crippen LogP contribution is -2.06. The van der Waals surface area contributed by atoms with Gasteiger partial charge in [0.15, 0.2) is 0 Å². The van der Waals surface area contributed by atoms with E-state index in [0.29, 0.717) is 15.6 Å². The lowest BCUT2D eigenvalue weighted by molar-refractivity contribution is 1.01. The molecule has 0 atom stereocenters. The first-order valence-electron chi connectivity index (χ1n) is 5.99. The molecular weight excluding hydrogens is 315 g/mol. The van der Waals surface area contributed by atoms with Crippen molar-refractivity contribution in [3.05, 3.63) is 46.2 Å². The van der Waals surface area contributed by atoms with Crippen LogP contribution in [0.1, 0.15) is 5.56 Å². The molecule has 2 heterocycles. The van der Waals surface area contributed by atoms with Gasteiger partial charge < -0.3 is 5.32 Å². The molecule has 2 aromatic heterocycles. The summed E-state index contributed by atoms with van der Waals surface area (Å²) < 4.78 is 8.43. The van der Waals surface area contributed by atoms with Crippen LogP contribution in [0.4, 0.5) is 5.69 Å². The maximum Gasteiger partial charge on any atom is 0.130 e. The number of benzene rings is 1. The van der Waals surface area contributed by atoms with Crippen molar-refractivity contribution in [2.45, 2.75) is 6.42 Å². The zero-order chi connectivity index (χ0) is 13.9. The van der Waals surface area contributed by atoms with E-state index in [1.165, 1.54) is 5.56 Å². The fourth-order valence-corrected chi connectivity index (χ4v) is 3.10. The molecule has 3 aromatic rings. The standard InChI is InChI=1S/C13H10Cl2N4S/c14-9-7-10(15)12-13(19-20-18-12)11(9)17-6-3-8-1-4-16-5-2-8/h1-2,4-5,7,17H,3,6H2. The van der Waals surface area contributed by atoms with Gasteiger partial charge in [0.2, 0.25) is 0 Å². The van der Waals surface area contributed by atoms with Crippen molar-refractivity contribution in [2.24, 2.45) is 0 Å². The van der Waals surface area contributed by atoms with Crippen molar-refractivity contribution in [1.82, 2.24) is 13.7 Å². The average Bonchev–Trinajstić information content (AvgIpc) is 2.93. The minimum Gasteiger partial charge on any atom is -0.382 e. The number of halogens is 2. The smallest absolute Gasteiger partial charge is 0.130 e. The van der Waals surface area contributed by atoms with Crippen LogP contribution in [0.3, 0.4) is 0 Å². The first-order chi connectivity index (χ1) is 9.75. The van der Waals surface area contributed by atoms with Crippen molar-refractivity contribution in [2.75, 3.05) is 11.9 Å². The molecule has 4 nitrogen and oxygen atoms in total. The van der Waals surface area contributed by atoms with Crippen LogP contribution in [0.5, 0.6) is 0 Å². The highest BCUT2D eigenvalue weighted by molar-refractivity contribution is 7.00. The van der Waals surface area contributed by atoms with Crippen molar-refractivity contribution in [3.8, 4) is 0 Å². The monoisotopic (exact) mass is 324 g/mol. The molecule has 0 aliphatic carbocycles. The summed E-state index contributed by atoms with van der Waals surface area (Å²) in [6, 6.07) is 5.68. The van der Waals surface area contributed by atoms with Crippen molar-refractivity contribution >= 4 is 51.7 Å². The van der Waals surface area contributed by atoms with Crippen molar-refractivity contribution in [3.63, 3.8) is 0 Å². The van der Waals surface area contributed by atoms with Gasteiger partial charge in [-0.2, -0.15) is 8.75 Å². The number of hydrogen-bond acceptors (Lipinski definition) is 5. The van der Waals surface area contributed by atoms with E-state index in [2.05, 4.69) is 19.0 Å². The van der Waals surface area contributed by atoms with Gasteiger partial charge in [-0.25, -0.2) is 0 Å². The lowest BCUT2D eigenvalue weighted by Gasteiger charge is -2.09. The maximum atomic E-state index is 6.23. The van der Waals surface area contributed by atoms with Crippen molar-refractivity contribution in [1.29, 1.82) is 0 Å². The number of hydrogen-bond donors (Lipinski definition) is 1. The second kappa shape index (κ2) is 5.91. The Morgan fingerprint density at radius 2 is 1.80 bits per heavy atom. The Kier molecular flexibility index (Phi) is 4.00. The molecule has 20 heavy (non-hydrogen) atoms. The third-order valence-electron chi connectivity index (χ3n) is 2.91. The van der Waals surface area contributed by atoms with Crippen LogP contribution in [-0.2, 0) is 6.42 Å². The number of nitrogens with zero attached hydrogens (tertiary/aromatic N) is 3. The molecule has 0 unspecified atom stereocenters. The largest absolute Gasteiger partial charge is 0.382 e. The summed E-state index contributed by atoms with van der Waals surface area (Å²) >= 11 is 13.4. The highest BCUT2D eigenvalue weighted by Gasteiger charge is 2.13. The third-order valence-corrected chi connectivity index (χ3v) is 4.02. The Balaban J connectivity index is 1.79. The van der Waals surface area contributed by atoms with Gasteiger partial charge in [0.1, 0.15) is 11.0 Å². The fourth-order valence-electron chi connectivity index (χ4n) is 1.92. The predicted octanol–water partition coefficient (Wildman–Crippen LogP) is 4.05. The van der Waals surface area contributed by atoms with Gasteiger partial charge in [-0.05, 0) is 30.2 Å². The van der Waals surface area contributed by atoms with E-state index < -0.39 is 0 Å². The van der Waals surface area contributed by atoms with Crippen molar-refractivity contribution < 1.29 is 0 Å². The van der Waals surface area contributed by atoms with E-state index in [0.717, 1.165) is 35.9 Å². The maximum absolute atomic E-state index is 6.23. The summed E-state index contributed by atoms with van der Waals surface area (Å²) in [4.78, 5) is 4.00. The van der Waals surface area contributed by atoms with Gasteiger partial charge in [0, 0.05) is 18.9 Å². The first kappa shape index (κ1) is 13.5. The molecule has 1 N–H and O–H groups in total. The highest BCUT2D eigenvalue weighted by atomic mass is 35.5. The first-order valence-corrected chi connectivity index (χ1v) is 7.47. The number of pyridine rings is 1. The molecule has 102 valence electrons. The molecule has 0 bridgehead atoms. The van der Waals surface area contributed by atoms with E-state index in [4.69, 9.17) is 23.2 Å². The molecule has 0 radical (unpaired) electrons. The Hall–Kier alpha value is -1.43. The molecule has 1 aromatic carbocycles. The average molecular weight is 325 g/mol. The molecular formula is C13H10Cl2N4S. The summed E-state index contributed by atoms with van der Waals surface area (Å²) in [6.07, 6.45) is 4.45. The molecule has 0 spiro atoms. The number of nitrogens with one attached hydrogen (secondary N) is 1. The predicted molar refractivity (Wildman–Crippen MR) is 83.9 cm³/mol. The third kappa shape index (κ3) is 2.70. The van der Waals surface area contributed by atoms with Crippen LogP contribution < -0.4 is 5.32 Å². The minimum absolute atomic E-state index is 0.526. The minimum atomic E-state index is 0.526. The van der Waals surface area contributed by atoms with E-state index in [9.17, 15) is 0 Å². The Morgan fingerprint density at radius 1 is 1.05 bits per heavy atom. The molecule has 0 saturated heterocycles.